The molecule has 0 saturated carbocycles. The first-order valence-electron chi connectivity index (χ1n) is 6.16. The summed E-state index contributed by atoms with van der Waals surface area (Å²) in [6.07, 6.45) is -0.688. The van der Waals surface area contributed by atoms with E-state index in [9.17, 15) is 13.5 Å². The van der Waals surface area contributed by atoms with Gasteiger partial charge >= 0.3 is 0 Å². The number of nitrogens with zero attached hydrogens (tertiary/aromatic N) is 1. The van der Waals surface area contributed by atoms with Gasteiger partial charge in [0.2, 0.25) is 10.0 Å². The van der Waals surface area contributed by atoms with Crippen molar-refractivity contribution >= 4 is 21.4 Å². The summed E-state index contributed by atoms with van der Waals surface area (Å²) in [7, 11) is -1.99. The number of aliphatic hydroxyl groups is 1. The van der Waals surface area contributed by atoms with Gasteiger partial charge < -0.3 is 5.11 Å². The Hall–Kier alpha value is -1.21. The van der Waals surface area contributed by atoms with Gasteiger partial charge in [0.25, 0.3) is 0 Å². The van der Waals surface area contributed by atoms with Crippen LogP contribution in [0.5, 0.6) is 0 Å². The highest BCUT2D eigenvalue weighted by molar-refractivity contribution is 7.89. The molecule has 0 aliphatic rings. The third kappa shape index (κ3) is 3.27. The van der Waals surface area contributed by atoms with Crippen molar-refractivity contribution in [3.05, 3.63) is 52.2 Å². The molecule has 1 N–H and O–H groups in total. The van der Waals surface area contributed by atoms with Gasteiger partial charge in [0.1, 0.15) is 0 Å². The number of benzene rings is 1. The average Bonchev–Trinajstić information content (AvgIpc) is 2.91. The van der Waals surface area contributed by atoms with Crippen LogP contribution in [0.25, 0.3) is 0 Å². The van der Waals surface area contributed by atoms with Crippen molar-refractivity contribution in [1.82, 2.24) is 4.31 Å². The molecular formula is C14H17NO3S2. The van der Waals surface area contributed by atoms with E-state index in [0.717, 1.165) is 5.56 Å². The van der Waals surface area contributed by atoms with Crippen molar-refractivity contribution < 1.29 is 13.5 Å². The highest BCUT2D eigenvalue weighted by Gasteiger charge is 2.21. The van der Waals surface area contributed by atoms with Crippen LogP contribution in [0.2, 0.25) is 0 Å². The quantitative estimate of drug-likeness (QED) is 0.923. The van der Waals surface area contributed by atoms with Crippen molar-refractivity contribution in [2.45, 2.75) is 24.5 Å². The highest BCUT2D eigenvalue weighted by atomic mass is 32.2. The SMILES string of the molecule is CC(O)c1cccc(S(=O)(=O)N(C)Cc2ccsc2)c1. The summed E-state index contributed by atoms with van der Waals surface area (Å²) in [6.45, 7) is 1.95. The molecule has 0 saturated heterocycles. The van der Waals surface area contributed by atoms with Crippen LogP contribution in [0.1, 0.15) is 24.2 Å². The normalized spacial score (nSPS) is 13.6. The van der Waals surface area contributed by atoms with Gasteiger partial charge in [-0.2, -0.15) is 15.6 Å². The molecule has 0 amide bonds. The average molecular weight is 311 g/mol. The van der Waals surface area contributed by atoms with E-state index >= 15 is 0 Å². The van der Waals surface area contributed by atoms with E-state index in [-0.39, 0.29) is 4.90 Å². The monoisotopic (exact) mass is 311 g/mol. The molecular weight excluding hydrogens is 294 g/mol. The summed E-state index contributed by atoms with van der Waals surface area (Å²) in [6, 6.07) is 8.33. The van der Waals surface area contributed by atoms with E-state index in [2.05, 4.69) is 0 Å². The second-order valence-corrected chi connectivity index (χ2v) is 7.47. The number of hydrogen-bond donors (Lipinski definition) is 1. The predicted molar refractivity (Wildman–Crippen MR) is 80.0 cm³/mol. The topological polar surface area (TPSA) is 57.6 Å². The van der Waals surface area contributed by atoms with E-state index in [1.807, 2.05) is 16.8 Å². The van der Waals surface area contributed by atoms with Gasteiger partial charge in [0, 0.05) is 13.6 Å². The van der Waals surface area contributed by atoms with Crippen LogP contribution >= 0.6 is 11.3 Å². The molecule has 4 nitrogen and oxygen atoms in total. The summed E-state index contributed by atoms with van der Waals surface area (Å²) in [4.78, 5) is 0.202. The van der Waals surface area contributed by atoms with Crippen molar-refractivity contribution in [1.29, 1.82) is 0 Å². The van der Waals surface area contributed by atoms with Crippen molar-refractivity contribution in [2.75, 3.05) is 7.05 Å². The summed E-state index contributed by atoms with van der Waals surface area (Å²) in [5.41, 5.74) is 1.56. The summed E-state index contributed by atoms with van der Waals surface area (Å²) >= 11 is 1.54. The fourth-order valence-corrected chi connectivity index (χ4v) is 3.71. The second-order valence-electron chi connectivity index (χ2n) is 4.64. The lowest BCUT2D eigenvalue weighted by Gasteiger charge is -2.17. The van der Waals surface area contributed by atoms with Crippen LogP contribution in [0.3, 0.4) is 0 Å². The van der Waals surface area contributed by atoms with Crippen LogP contribution in [-0.2, 0) is 16.6 Å². The fourth-order valence-electron chi connectivity index (χ4n) is 1.84. The fraction of sp³-hybridized carbons (Fsp3) is 0.286. The molecule has 0 spiro atoms. The first-order valence-corrected chi connectivity index (χ1v) is 8.55. The number of sulfonamides is 1. The van der Waals surface area contributed by atoms with Crippen LogP contribution < -0.4 is 0 Å². The smallest absolute Gasteiger partial charge is 0.243 e. The minimum atomic E-state index is -3.54. The van der Waals surface area contributed by atoms with E-state index in [4.69, 9.17) is 0 Å². The van der Waals surface area contributed by atoms with Crippen LogP contribution in [-0.4, -0.2) is 24.9 Å². The summed E-state index contributed by atoms with van der Waals surface area (Å²) < 4.78 is 26.3. The molecule has 2 rings (SSSR count). The zero-order chi connectivity index (χ0) is 14.8. The van der Waals surface area contributed by atoms with Crippen molar-refractivity contribution in [3.63, 3.8) is 0 Å². The Kier molecular flexibility index (Phi) is 4.59. The minimum absolute atomic E-state index is 0.202. The van der Waals surface area contributed by atoms with Gasteiger partial charge in [-0.25, -0.2) is 8.42 Å². The maximum atomic E-state index is 12.5. The third-order valence-electron chi connectivity index (χ3n) is 3.03. The molecule has 0 fully saturated rings. The molecule has 1 atom stereocenters. The summed E-state index contributed by atoms with van der Waals surface area (Å²) in [5.74, 6) is 0. The second kappa shape index (κ2) is 6.05. The van der Waals surface area contributed by atoms with E-state index in [0.29, 0.717) is 12.1 Å². The molecule has 6 heteroatoms. The number of rotatable bonds is 5. The van der Waals surface area contributed by atoms with E-state index < -0.39 is 16.1 Å². The Morgan fingerprint density at radius 3 is 2.70 bits per heavy atom. The van der Waals surface area contributed by atoms with Gasteiger partial charge in [-0.3, -0.25) is 0 Å². The van der Waals surface area contributed by atoms with Gasteiger partial charge in [0.05, 0.1) is 11.0 Å². The lowest BCUT2D eigenvalue weighted by atomic mass is 10.1. The maximum absolute atomic E-state index is 12.5. The van der Waals surface area contributed by atoms with Gasteiger partial charge in [-0.15, -0.1) is 0 Å². The lowest BCUT2D eigenvalue weighted by Crippen LogP contribution is -2.26. The number of aliphatic hydroxyl groups excluding tert-OH is 1. The number of hydrogen-bond acceptors (Lipinski definition) is 4. The first-order chi connectivity index (χ1) is 9.41. The van der Waals surface area contributed by atoms with Crippen molar-refractivity contribution in [3.8, 4) is 0 Å². The molecule has 108 valence electrons. The zero-order valence-electron chi connectivity index (χ0n) is 11.4. The summed E-state index contributed by atoms with van der Waals surface area (Å²) in [5, 5.41) is 13.4. The number of thiophene rings is 1. The lowest BCUT2D eigenvalue weighted by molar-refractivity contribution is 0.199. The first kappa shape index (κ1) is 15.2. The molecule has 2 aromatic rings. The minimum Gasteiger partial charge on any atom is -0.389 e. The molecule has 1 aromatic heterocycles. The van der Waals surface area contributed by atoms with Crippen LogP contribution in [0.4, 0.5) is 0 Å². The van der Waals surface area contributed by atoms with Gasteiger partial charge in [-0.1, -0.05) is 12.1 Å². The standard InChI is InChI=1S/C14H17NO3S2/c1-11(16)13-4-3-5-14(8-13)20(17,18)15(2)9-12-6-7-19-10-12/h3-8,10-11,16H,9H2,1-2H3. The molecule has 0 radical (unpaired) electrons. The zero-order valence-corrected chi connectivity index (χ0v) is 13.0. The van der Waals surface area contributed by atoms with E-state index in [1.54, 1.807) is 32.2 Å². The Morgan fingerprint density at radius 2 is 2.10 bits per heavy atom. The van der Waals surface area contributed by atoms with Crippen LogP contribution in [0, 0.1) is 0 Å². The third-order valence-corrected chi connectivity index (χ3v) is 5.57. The molecule has 0 bridgehead atoms. The van der Waals surface area contributed by atoms with E-state index in [1.165, 1.54) is 21.7 Å². The predicted octanol–water partition coefficient (Wildman–Crippen LogP) is 2.62. The molecule has 1 aromatic carbocycles. The van der Waals surface area contributed by atoms with Gasteiger partial charge in [0.15, 0.2) is 0 Å². The van der Waals surface area contributed by atoms with Gasteiger partial charge in [-0.05, 0) is 47.0 Å². The molecule has 20 heavy (non-hydrogen) atoms. The Morgan fingerprint density at radius 1 is 1.35 bits per heavy atom. The molecule has 1 unspecified atom stereocenters. The molecule has 0 aliphatic heterocycles. The van der Waals surface area contributed by atoms with Crippen LogP contribution in [0.15, 0.2) is 46.0 Å². The highest BCUT2D eigenvalue weighted by Crippen LogP contribution is 2.21. The Bertz CT molecular complexity index is 663. The molecule has 1 heterocycles. The van der Waals surface area contributed by atoms with Crippen molar-refractivity contribution in [2.24, 2.45) is 0 Å². The molecule has 0 aliphatic carbocycles. The largest absolute Gasteiger partial charge is 0.389 e. The maximum Gasteiger partial charge on any atom is 0.243 e. The Balaban J connectivity index is 2.27. The Labute approximate surface area is 123 Å².